The molecule has 1 amide bonds. The van der Waals surface area contributed by atoms with E-state index >= 15 is 0 Å². The lowest BCUT2D eigenvalue weighted by molar-refractivity contribution is 0.0303. The molecule has 3 aromatic carbocycles. The van der Waals surface area contributed by atoms with Gasteiger partial charge in [0.25, 0.3) is 5.91 Å². The van der Waals surface area contributed by atoms with Crippen molar-refractivity contribution in [3.8, 4) is 16.9 Å². The van der Waals surface area contributed by atoms with Crippen LogP contribution in [0.15, 0.2) is 60.7 Å². The normalized spacial score (nSPS) is 14.6. The molecule has 4 heteroatoms. The van der Waals surface area contributed by atoms with Crippen LogP contribution in [0.5, 0.6) is 5.75 Å². The van der Waals surface area contributed by atoms with E-state index in [1.165, 1.54) is 0 Å². The van der Waals surface area contributed by atoms with Gasteiger partial charge in [-0.15, -0.1) is 0 Å². The molecule has 0 saturated carbocycles. The zero-order valence-electron chi connectivity index (χ0n) is 13.8. The minimum Gasteiger partial charge on any atom is -0.507 e. The summed E-state index contributed by atoms with van der Waals surface area (Å²) in [6.45, 7) is 2.24. The third kappa shape index (κ3) is 2.85. The minimum absolute atomic E-state index is 0.0665. The Morgan fingerprint density at radius 2 is 1.56 bits per heavy atom. The van der Waals surface area contributed by atoms with Crippen LogP contribution in [0.25, 0.3) is 21.9 Å². The van der Waals surface area contributed by atoms with Gasteiger partial charge in [0.2, 0.25) is 0 Å². The lowest BCUT2D eigenvalue weighted by Crippen LogP contribution is -2.40. The predicted molar refractivity (Wildman–Crippen MR) is 97.8 cm³/mol. The van der Waals surface area contributed by atoms with Crippen molar-refractivity contribution in [1.29, 1.82) is 0 Å². The molecule has 3 aromatic rings. The summed E-state index contributed by atoms with van der Waals surface area (Å²) in [5.74, 6) is 0.0649. The Bertz CT molecular complexity index is 915. The molecule has 4 rings (SSSR count). The number of ether oxygens (including phenoxy) is 1. The molecule has 25 heavy (non-hydrogen) atoms. The summed E-state index contributed by atoms with van der Waals surface area (Å²) < 4.78 is 5.35. The Kier molecular flexibility index (Phi) is 4.12. The summed E-state index contributed by atoms with van der Waals surface area (Å²) in [5, 5.41) is 12.1. The SMILES string of the molecule is O=C(c1cc(O)c2ccccc2c1-c1ccccc1)N1CCOCC1. The molecule has 1 saturated heterocycles. The number of phenolic OH excluding ortho intramolecular Hbond substituents is 1. The Balaban J connectivity index is 1.95. The monoisotopic (exact) mass is 333 g/mol. The number of carbonyl (C=O) groups is 1. The number of phenols is 1. The summed E-state index contributed by atoms with van der Waals surface area (Å²) in [6.07, 6.45) is 0. The first-order chi connectivity index (χ1) is 12.3. The largest absolute Gasteiger partial charge is 0.507 e. The van der Waals surface area contributed by atoms with E-state index < -0.39 is 0 Å². The molecule has 0 atom stereocenters. The summed E-state index contributed by atoms with van der Waals surface area (Å²) in [6, 6.07) is 19.1. The second kappa shape index (κ2) is 6.57. The molecule has 0 aromatic heterocycles. The van der Waals surface area contributed by atoms with Gasteiger partial charge >= 0.3 is 0 Å². The summed E-state index contributed by atoms with van der Waals surface area (Å²) in [4.78, 5) is 14.9. The lowest BCUT2D eigenvalue weighted by atomic mass is 9.92. The summed E-state index contributed by atoms with van der Waals surface area (Å²) >= 11 is 0. The van der Waals surface area contributed by atoms with E-state index in [1.54, 1.807) is 11.0 Å². The van der Waals surface area contributed by atoms with Crippen molar-refractivity contribution in [3.63, 3.8) is 0 Å². The molecule has 1 aliphatic rings. The van der Waals surface area contributed by atoms with Crippen LogP contribution in [0.1, 0.15) is 10.4 Å². The average molecular weight is 333 g/mol. The Morgan fingerprint density at radius 3 is 2.28 bits per heavy atom. The van der Waals surface area contributed by atoms with Gasteiger partial charge < -0.3 is 14.7 Å². The molecule has 0 radical (unpaired) electrons. The van der Waals surface area contributed by atoms with Crippen molar-refractivity contribution in [2.24, 2.45) is 0 Å². The zero-order chi connectivity index (χ0) is 17.2. The zero-order valence-corrected chi connectivity index (χ0v) is 13.8. The van der Waals surface area contributed by atoms with Gasteiger partial charge in [-0.3, -0.25) is 4.79 Å². The molecule has 0 bridgehead atoms. The number of fused-ring (bicyclic) bond motifs is 1. The van der Waals surface area contributed by atoms with E-state index in [-0.39, 0.29) is 11.7 Å². The van der Waals surface area contributed by atoms with E-state index in [2.05, 4.69) is 0 Å². The molecule has 1 fully saturated rings. The highest BCUT2D eigenvalue weighted by Crippen LogP contribution is 2.37. The molecule has 1 N–H and O–H groups in total. The van der Waals surface area contributed by atoms with Crippen LogP contribution in [0, 0.1) is 0 Å². The predicted octanol–water partition coefficient (Wildman–Crippen LogP) is 3.68. The maximum absolute atomic E-state index is 13.1. The van der Waals surface area contributed by atoms with Gasteiger partial charge in [-0.05, 0) is 17.0 Å². The second-order valence-corrected chi connectivity index (χ2v) is 6.13. The van der Waals surface area contributed by atoms with Crippen molar-refractivity contribution in [2.45, 2.75) is 0 Å². The first-order valence-corrected chi connectivity index (χ1v) is 8.43. The maximum atomic E-state index is 13.1. The molecule has 0 aliphatic carbocycles. The first kappa shape index (κ1) is 15.7. The number of hydrogen-bond acceptors (Lipinski definition) is 3. The quantitative estimate of drug-likeness (QED) is 0.778. The van der Waals surface area contributed by atoms with Crippen molar-refractivity contribution >= 4 is 16.7 Å². The van der Waals surface area contributed by atoms with Gasteiger partial charge in [0.1, 0.15) is 5.75 Å². The molecule has 1 heterocycles. The van der Waals surface area contributed by atoms with E-state index in [9.17, 15) is 9.90 Å². The fraction of sp³-hybridized carbons (Fsp3) is 0.190. The van der Waals surface area contributed by atoms with Gasteiger partial charge in [0.05, 0.1) is 18.8 Å². The van der Waals surface area contributed by atoms with Crippen LogP contribution >= 0.6 is 0 Å². The third-order valence-corrected chi connectivity index (χ3v) is 4.61. The first-order valence-electron chi connectivity index (χ1n) is 8.43. The van der Waals surface area contributed by atoms with Crippen molar-refractivity contribution in [2.75, 3.05) is 26.3 Å². The lowest BCUT2D eigenvalue weighted by Gasteiger charge is -2.28. The van der Waals surface area contributed by atoms with E-state index in [4.69, 9.17) is 4.74 Å². The number of nitrogens with zero attached hydrogens (tertiary/aromatic N) is 1. The number of amides is 1. The maximum Gasteiger partial charge on any atom is 0.254 e. The van der Waals surface area contributed by atoms with Crippen molar-refractivity contribution in [3.05, 3.63) is 66.2 Å². The highest BCUT2D eigenvalue weighted by atomic mass is 16.5. The van der Waals surface area contributed by atoms with Crippen LogP contribution in [0.4, 0.5) is 0 Å². The summed E-state index contributed by atoms with van der Waals surface area (Å²) in [5.41, 5.74) is 2.37. The van der Waals surface area contributed by atoms with Gasteiger partial charge in [-0.25, -0.2) is 0 Å². The molecule has 0 spiro atoms. The van der Waals surface area contributed by atoms with Crippen molar-refractivity contribution < 1.29 is 14.6 Å². The van der Waals surface area contributed by atoms with Gasteiger partial charge in [0, 0.05) is 24.0 Å². The Morgan fingerprint density at radius 1 is 0.920 bits per heavy atom. The Labute approximate surface area is 146 Å². The fourth-order valence-electron chi connectivity index (χ4n) is 3.38. The Hall–Kier alpha value is -2.85. The minimum atomic E-state index is -0.0665. The number of rotatable bonds is 2. The standard InChI is InChI=1S/C21H19NO3/c23-19-14-18(21(24)22-10-12-25-13-11-22)20(15-6-2-1-3-7-15)17-9-5-4-8-16(17)19/h1-9,14,23H,10-13H2. The molecule has 0 unspecified atom stereocenters. The number of aromatic hydroxyl groups is 1. The average Bonchev–Trinajstić information content (AvgIpc) is 2.69. The number of carbonyl (C=O) groups excluding carboxylic acids is 1. The van der Waals surface area contributed by atoms with Crippen LogP contribution in [-0.2, 0) is 4.74 Å². The van der Waals surface area contributed by atoms with E-state index in [0.29, 0.717) is 31.9 Å². The van der Waals surface area contributed by atoms with Crippen LogP contribution in [0.2, 0.25) is 0 Å². The number of benzene rings is 3. The fourth-order valence-corrected chi connectivity index (χ4v) is 3.38. The van der Waals surface area contributed by atoms with Gasteiger partial charge in [-0.1, -0.05) is 54.6 Å². The smallest absolute Gasteiger partial charge is 0.254 e. The van der Waals surface area contributed by atoms with Crippen molar-refractivity contribution in [1.82, 2.24) is 4.90 Å². The van der Waals surface area contributed by atoms with Gasteiger partial charge in [-0.2, -0.15) is 0 Å². The third-order valence-electron chi connectivity index (χ3n) is 4.61. The van der Waals surface area contributed by atoms with E-state index in [0.717, 1.165) is 21.9 Å². The van der Waals surface area contributed by atoms with Gasteiger partial charge in [0.15, 0.2) is 0 Å². The molecule has 1 aliphatic heterocycles. The molecular formula is C21H19NO3. The highest BCUT2D eigenvalue weighted by Gasteiger charge is 2.24. The van der Waals surface area contributed by atoms with Crippen LogP contribution in [0.3, 0.4) is 0 Å². The topological polar surface area (TPSA) is 49.8 Å². The van der Waals surface area contributed by atoms with E-state index in [1.807, 2.05) is 54.6 Å². The highest BCUT2D eigenvalue weighted by molar-refractivity contribution is 6.11. The summed E-state index contributed by atoms with van der Waals surface area (Å²) in [7, 11) is 0. The molecule has 126 valence electrons. The van der Waals surface area contributed by atoms with Crippen LogP contribution < -0.4 is 0 Å². The number of hydrogen-bond donors (Lipinski definition) is 1. The molecule has 4 nitrogen and oxygen atoms in total. The second-order valence-electron chi connectivity index (χ2n) is 6.13. The number of morpholine rings is 1. The molecular weight excluding hydrogens is 314 g/mol. The van der Waals surface area contributed by atoms with Crippen LogP contribution in [-0.4, -0.2) is 42.2 Å².